The average Bonchev–Trinajstić information content (AvgIpc) is 3.16. The number of hydrogen-bond acceptors (Lipinski definition) is 6. The van der Waals surface area contributed by atoms with Gasteiger partial charge in [0.05, 0.1) is 37.6 Å². The van der Waals surface area contributed by atoms with E-state index in [2.05, 4.69) is 23.1 Å². The lowest BCUT2D eigenvalue weighted by Crippen LogP contribution is -2.45. The quantitative estimate of drug-likeness (QED) is 0.356. The Kier molecular flexibility index (Phi) is 7.52. The molecule has 2 fully saturated rings. The molecule has 0 N–H and O–H groups in total. The van der Waals surface area contributed by atoms with Gasteiger partial charge in [-0.1, -0.05) is 30.3 Å². The second-order valence-electron chi connectivity index (χ2n) is 11.2. The minimum Gasteiger partial charge on any atom is -0.497 e. The lowest BCUT2D eigenvalue weighted by atomic mass is 9.72. The molecule has 2 aliphatic heterocycles. The summed E-state index contributed by atoms with van der Waals surface area (Å²) < 4.78 is 11.3. The van der Waals surface area contributed by atoms with Crippen LogP contribution in [0.25, 0.3) is 0 Å². The first kappa shape index (κ1) is 27.1. The van der Waals surface area contributed by atoms with E-state index in [1.807, 2.05) is 48.5 Å². The highest BCUT2D eigenvalue weighted by Crippen LogP contribution is 2.49. The van der Waals surface area contributed by atoms with Crippen LogP contribution in [0.1, 0.15) is 62.1 Å². The molecular weight excluding hydrogens is 514 g/mol. The predicted octanol–water partition coefficient (Wildman–Crippen LogP) is 6.64. The topological polar surface area (TPSA) is 71.4 Å². The van der Waals surface area contributed by atoms with Crippen molar-refractivity contribution in [3.05, 3.63) is 77.9 Å². The van der Waals surface area contributed by atoms with Crippen LogP contribution >= 0.6 is 0 Å². The second kappa shape index (κ2) is 11.4. The third-order valence-corrected chi connectivity index (χ3v) is 8.79. The number of aliphatic imine (C=N–C) groups is 1. The normalized spacial score (nSPS) is 22.3. The number of amides is 1. The molecule has 1 saturated heterocycles. The maximum atomic E-state index is 14.2. The van der Waals surface area contributed by atoms with E-state index in [0.717, 1.165) is 41.4 Å². The fraction of sp³-hybridized carbons (Fsp3) is 0.382. The minimum atomic E-state index is -0.574. The highest BCUT2D eigenvalue weighted by atomic mass is 16.5. The summed E-state index contributed by atoms with van der Waals surface area (Å²) in [4.78, 5) is 36.9. The standard InChI is InChI=1S/C34H37N3O4/c1-22(38)37-30-10-6-5-9-28(30)35-29-19-24(23-11-14-26(40-2)15-12-23)20-31(39)33(29)34(37)27-16-13-25(21-32(27)41-3)36-17-7-4-8-18-36/h5-6,9-16,21,24,33-34H,4,7-8,17-20H2,1-3H3. The number of piperidine rings is 1. The van der Waals surface area contributed by atoms with Crippen LogP contribution in [-0.2, 0) is 9.59 Å². The Labute approximate surface area is 241 Å². The van der Waals surface area contributed by atoms with E-state index in [0.29, 0.717) is 30.0 Å². The molecule has 0 spiro atoms. The number of anilines is 2. The summed E-state index contributed by atoms with van der Waals surface area (Å²) in [7, 11) is 3.31. The number of rotatable bonds is 5. The van der Waals surface area contributed by atoms with Gasteiger partial charge in [-0.25, -0.2) is 0 Å². The van der Waals surface area contributed by atoms with E-state index < -0.39 is 12.0 Å². The van der Waals surface area contributed by atoms with Crippen LogP contribution in [0.4, 0.5) is 17.1 Å². The molecule has 0 radical (unpaired) electrons. The van der Waals surface area contributed by atoms with Gasteiger partial charge in [-0.2, -0.15) is 0 Å². The van der Waals surface area contributed by atoms with E-state index >= 15 is 0 Å². The summed E-state index contributed by atoms with van der Waals surface area (Å²) in [6, 6.07) is 21.3. The molecule has 3 atom stereocenters. The van der Waals surface area contributed by atoms with Crippen LogP contribution in [0.3, 0.4) is 0 Å². The minimum absolute atomic E-state index is 0.00321. The summed E-state index contributed by atoms with van der Waals surface area (Å²) in [5, 5.41) is 0. The number of ether oxygens (including phenoxy) is 2. The molecule has 0 aromatic heterocycles. The first-order chi connectivity index (χ1) is 20.0. The molecule has 7 heteroatoms. The van der Waals surface area contributed by atoms with Gasteiger partial charge in [-0.05, 0) is 67.5 Å². The lowest BCUT2D eigenvalue weighted by Gasteiger charge is -2.39. The van der Waals surface area contributed by atoms with E-state index in [9.17, 15) is 9.59 Å². The Balaban J connectivity index is 1.46. The Morgan fingerprint density at radius 3 is 2.37 bits per heavy atom. The number of carbonyl (C=O) groups excluding carboxylic acids is 2. The van der Waals surface area contributed by atoms with Crippen molar-refractivity contribution in [1.29, 1.82) is 0 Å². The fourth-order valence-corrected chi connectivity index (χ4v) is 6.79. The van der Waals surface area contributed by atoms with Gasteiger partial charge in [-0.15, -0.1) is 0 Å². The van der Waals surface area contributed by atoms with Crippen molar-refractivity contribution < 1.29 is 19.1 Å². The zero-order chi connectivity index (χ0) is 28.5. The van der Waals surface area contributed by atoms with Gasteiger partial charge in [0, 0.05) is 49.5 Å². The molecule has 1 aliphatic carbocycles. The molecule has 0 bridgehead atoms. The van der Waals surface area contributed by atoms with Gasteiger partial charge >= 0.3 is 0 Å². The molecule has 41 heavy (non-hydrogen) atoms. The number of fused-ring (bicyclic) bond motifs is 2. The maximum absolute atomic E-state index is 14.2. The van der Waals surface area contributed by atoms with E-state index in [-0.39, 0.29) is 17.6 Å². The molecule has 3 aliphatic rings. The Hall–Kier alpha value is -4.13. The molecule has 1 amide bonds. The second-order valence-corrected chi connectivity index (χ2v) is 11.2. The van der Waals surface area contributed by atoms with Crippen LogP contribution in [-0.4, -0.2) is 44.7 Å². The third-order valence-electron chi connectivity index (χ3n) is 8.79. The van der Waals surface area contributed by atoms with Crippen LogP contribution in [0, 0.1) is 5.92 Å². The Bertz CT molecular complexity index is 1480. The van der Waals surface area contributed by atoms with Gasteiger partial charge < -0.3 is 19.3 Å². The number of hydrogen-bond donors (Lipinski definition) is 0. The van der Waals surface area contributed by atoms with E-state index in [1.165, 1.54) is 19.3 Å². The van der Waals surface area contributed by atoms with Crippen molar-refractivity contribution in [2.24, 2.45) is 10.9 Å². The Morgan fingerprint density at radius 2 is 1.66 bits per heavy atom. The van der Waals surface area contributed by atoms with E-state index in [4.69, 9.17) is 14.5 Å². The average molecular weight is 552 g/mol. The number of methoxy groups -OCH3 is 2. The van der Waals surface area contributed by atoms with Crippen LogP contribution in [0.15, 0.2) is 71.7 Å². The first-order valence-electron chi connectivity index (χ1n) is 14.5. The van der Waals surface area contributed by atoms with Gasteiger partial charge in [-0.3, -0.25) is 14.6 Å². The van der Waals surface area contributed by atoms with Crippen molar-refractivity contribution in [2.45, 2.75) is 51.0 Å². The molecular formula is C34H37N3O4. The highest BCUT2D eigenvalue weighted by Gasteiger charge is 2.46. The molecule has 1 saturated carbocycles. The summed E-state index contributed by atoms with van der Waals surface area (Å²) in [6.07, 6.45) is 4.61. The lowest BCUT2D eigenvalue weighted by molar-refractivity contribution is -0.123. The van der Waals surface area contributed by atoms with Crippen molar-refractivity contribution in [3.63, 3.8) is 0 Å². The van der Waals surface area contributed by atoms with Crippen molar-refractivity contribution in [2.75, 3.05) is 37.1 Å². The zero-order valence-electron chi connectivity index (χ0n) is 24.0. The fourth-order valence-electron chi connectivity index (χ4n) is 6.79. The van der Waals surface area contributed by atoms with Crippen LogP contribution < -0.4 is 19.3 Å². The number of carbonyl (C=O) groups is 2. The summed E-state index contributed by atoms with van der Waals surface area (Å²) in [5.41, 5.74) is 5.25. The predicted molar refractivity (Wildman–Crippen MR) is 162 cm³/mol. The van der Waals surface area contributed by atoms with Crippen molar-refractivity contribution in [1.82, 2.24) is 0 Å². The molecule has 3 unspecified atom stereocenters. The number of ketones is 1. The maximum Gasteiger partial charge on any atom is 0.224 e. The summed E-state index contributed by atoms with van der Waals surface area (Å²) in [5.74, 6) is 0.854. The monoisotopic (exact) mass is 551 g/mol. The molecule has 3 aromatic rings. The summed E-state index contributed by atoms with van der Waals surface area (Å²) in [6.45, 7) is 3.60. The van der Waals surface area contributed by atoms with E-state index in [1.54, 1.807) is 26.0 Å². The largest absolute Gasteiger partial charge is 0.497 e. The van der Waals surface area contributed by atoms with Gasteiger partial charge in [0.15, 0.2) is 0 Å². The van der Waals surface area contributed by atoms with Crippen LogP contribution in [0.5, 0.6) is 11.5 Å². The molecule has 3 aromatic carbocycles. The Morgan fingerprint density at radius 1 is 0.902 bits per heavy atom. The first-order valence-corrected chi connectivity index (χ1v) is 14.5. The van der Waals surface area contributed by atoms with Crippen LogP contribution in [0.2, 0.25) is 0 Å². The molecule has 6 rings (SSSR count). The number of para-hydroxylation sites is 2. The number of nitrogens with zero attached hydrogens (tertiary/aromatic N) is 3. The van der Waals surface area contributed by atoms with Gasteiger partial charge in [0.2, 0.25) is 5.91 Å². The number of Topliss-reactive ketones (excluding diaryl/α,β-unsaturated/α-hetero) is 1. The molecule has 2 heterocycles. The van der Waals surface area contributed by atoms with Crippen molar-refractivity contribution in [3.8, 4) is 11.5 Å². The van der Waals surface area contributed by atoms with Gasteiger partial charge in [0.1, 0.15) is 17.3 Å². The third kappa shape index (κ3) is 5.09. The highest BCUT2D eigenvalue weighted by molar-refractivity contribution is 6.13. The molecule has 212 valence electrons. The summed E-state index contributed by atoms with van der Waals surface area (Å²) >= 11 is 0. The smallest absolute Gasteiger partial charge is 0.224 e. The van der Waals surface area contributed by atoms with Gasteiger partial charge in [0.25, 0.3) is 0 Å². The number of benzene rings is 3. The van der Waals surface area contributed by atoms with Crippen molar-refractivity contribution >= 4 is 34.5 Å². The molecule has 7 nitrogen and oxygen atoms in total. The zero-order valence-corrected chi connectivity index (χ0v) is 24.0. The SMILES string of the molecule is COc1ccc(C2CC(=O)C3C(=Nc4ccccc4N(C(C)=O)C3c3ccc(N4CCCCC4)cc3OC)C2)cc1.